The van der Waals surface area contributed by atoms with Gasteiger partial charge in [0, 0.05) is 17.8 Å². The smallest absolute Gasteiger partial charge is 0.255 e. The molecular weight excluding hydrogens is 340 g/mol. The molecule has 0 saturated heterocycles. The van der Waals surface area contributed by atoms with Crippen LogP contribution in [0, 0.1) is 0 Å². The molecule has 1 atom stereocenters. The van der Waals surface area contributed by atoms with Crippen molar-refractivity contribution < 1.29 is 14.7 Å². The van der Waals surface area contributed by atoms with Crippen LogP contribution in [-0.2, 0) is 11.3 Å². The van der Waals surface area contributed by atoms with Crippen LogP contribution in [0.3, 0.4) is 0 Å². The van der Waals surface area contributed by atoms with Crippen LogP contribution in [0.4, 0.5) is 5.69 Å². The van der Waals surface area contributed by atoms with Crippen LogP contribution in [0.5, 0.6) is 5.75 Å². The van der Waals surface area contributed by atoms with Gasteiger partial charge in [-0.05, 0) is 29.3 Å². The molecule has 0 bridgehead atoms. The Balaban J connectivity index is 1.76. The summed E-state index contributed by atoms with van der Waals surface area (Å²) in [5.74, 6) is -0.194. The highest BCUT2D eigenvalue weighted by Gasteiger charge is 2.22. The normalized spacial score (nSPS) is 11.5. The third-order valence-electron chi connectivity index (χ3n) is 4.42. The Morgan fingerprint density at radius 1 is 0.926 bits per heavy atom. The van der Waals surface area contributed by atoms with Crippen molar-refractivity contribution >= 4 is 11.6 Å². The molecule has 0 aliphatic carbocycles. The molecule has 138 valence electrons. The van der Waals surface area contributed by atoms with Gasteiger partial charge < -0.3 is 10.1 Å². The Kier molecular flexibility index (Phi) is 6.07. The molecule has 3 N–H and O–H groups in total. The van der Waals surface area contributed by atoms with Crippen LogP contribution in [-0.4, -0.2) is 18.2 Å². The molecule has 5 heteroatoms. The van der Waals surface area contributed by atoms with E-state index >= 15 is 0 Å². The minimum Gasteiger partial charge on any atom is -0.496 e. The van der Waals surface area contributed by atoms with Crippen molar-refractivity contribution in [2.45, 2.75) is 12.5 Å². The largest absolute Gasteiger partial charge is 0.496 e. The number of benzene rings is 3. The molecule has 1 amide bonds. The van der Waals surface area contributed by atoms with Crippen LogP contribution in [0.2, 0.25) is 0 Å². The number of methoxy groups -OCH3 is 1. The maximum absolute atomic E-state index is 12.2. The summed E-state index contributed by atoms with van der Waals surface area (Å²) in [6.07, 6.45) is 0. The Hall–Kier alpha value is -3.31. The molecule has 0 saturated carbocycles. The molecule has 0 fully saturated rings. The van der Waals surface area contributed by atoms with E-state index in [0.29, 0.717) is 6.54 Å². The fraction of sp³-hybridized carbons (Fsp3) is 0.136. The molecule has 5 nitrogen and oxygen atoms in total. The number of hydroxylamine groups is 1. The lowest BCUT2D eigenvalue weighted by molar-refractivity contribution is -0.129. The van der Waals surface area contributed by atoms with E-state index in [1.54, 1.807) is 12.6 Å². The first-order chi connectivity index (χ1) is 13.2. The van der Waals surface area contributed by atoms with Gasteiger partial charge in [-0.1, -0.05) is 60.7 Å². The molecule has 0 heterocycles. The van der Waals surface area contributed by atoms with E-state index in [0.717, 1.165) is 28.1 Å². The SMILES string of the molecule is COc1ccccc1CNc1ccc(C(C(=O)NO)c2ccccc2)cc1. The maximum Gasteiger partial charge on any atom is 0.255 e. The van der Waals surface area contributed by atoms with E-state index < -0.39 is 11.8 Å². The van der Waals surface area contributed by atoms with E-state index in [2.05, 4.69) is 5.32 Å². The Labute approximate surface area is 158 Å². The van der Waals surface area contributed by atoms with Crippen molar-refractivity contribution in [3.63, 3.8) is 0 Å². The first kappa shape index (κ1) is 18.5. The summed E-state index contributed by atoms with van der Waals surface area (Å²) in [6, 6.07) is 24.8. The molecule has 0 radical (unpaired) electrons. The fourth-order valence-corrected chi connectivity index (χ4v) is 3.04. The zero-order valence-electron chi connectivity index (χ0n) is 15.1. The average Bonchev–Trinajstić information content (AvgIpc) is 2.74. The topological polar surface area (TPSA) is 70.6 Å². The van der Waals surface area contributed by atoms with E-state index in [9.17, 15) is 4.79 Å². The predicted octanol–water partition coefficient (Wildman–Crippen LogP) is 3.94. The van der Waals surface area contributed by atoms with Crippen LogP contribution >= 0.6 is 0 Å². The van der Waals surface area contributed by atoms with Crippen LogP contribution in [0.1, 0.15) is 22.6 Å². The molecule has 0 aliphatic heterocycles. The fourth-order valence-electron chi connectivity index (χ4n) is 3.04. The summed E-state index contributed by atoms with van der Waals surface area (Å²) in [7, 11) is 1.66. The third kappa shape index (κ3) is 4.46. The number of ether oxygens (including phenoxy) is 1. The van der Waals surface area contributed by atoms with Crippen LogP contribution in [0.15, 0.2) is 78.9 Å². The van der Waals surface area contributed by atoms with Gasteiger partial charge in [0.25, 0.3) is 5.91 Å². The van der Waals surface area contributed by atoms with E-state index in [1.165, 1.54) is 0 Å². The monoisotopic (exact) mass is 362 g/mol. The minimum absolute atomic E-state index is 0.462. The molecule has 27 heavy (non-hydrogen) atoms. The molecule has 3 aromatic carbocycles. The standard InChI is InChI=1S/C22H22N2O3/c1-27-20-10-6-5-9-18(20)15-23-19-13-11-17(12-14-19)21(22(25)24-26)16-7-3-2-4-8-16/h2-14,21,23,26H,15H2,1H3,(H,24,25). The van der Waals surface area contributed by atoms with Gasteiger partial charge in [0.1, 0.15) is 5.75 Å². The second kappa shape index (κ2) is 8.87. The summed E-state index contributed by atoms with van der Waals surface area (Å²) in [4.78, 5) is 12.2. The quantitative estimate of drug-likeness (QED) is 0.440. The van der Waals surface area contributed by atoms with Gasteiger partial charge in [-0.25, -0.2) is 5.48 Å². The Bertz CT molecular complexity index is 880. The molecule has 3 rings (SSSR count). The van der Waals surface area contributed by atoms with Gasteiger partial charge in [-0.2, -0.15) is 0 Å². The number of nitrogens with one attached hydrogen (secondary N) is 2. The average molecular weight is 362 g/mol. The van der Waals surface area contributed by atoms with Gasteiger partial charge >= 0.3 is 0 Å². The highest BCUT2D eigenvalue weighted by molar-refractivity contribution is 5.86. The number of amides is 1. The summed E-state index contributed by atoms with van der Waals surface area (Å²) in [6.45, 7) is 0.628. The second-order valence-electron chi connectivity index (χ2n) is 6.11. The highest BCUT2D eigenvalue weighted by atomic mass is 16.5. The van der Waals surface area contributed by atoms with Crippen LogP contribution in [0.25, 0.3) is 0 Å². The number of para-hydroxylation sites is 1. The number of hydrogen-bond acceptors (Lipinski definition) is 4. The number of anilines is 1. The summed E-state index contributed by atoms with van der Waals surface area (Å²) in [5, 5.41) is 12.5. The van der Waals surface area contributed by atoms with Gasteiger partial charge in [0.05, 0.1) is 13.0 Å². The van der Waals surface area contributed by atoms with Crippen molar-refractivity contribution in [2.24, 2.45) is 0 Å². The van der Waals surface area contributed by atoms with Gasteiger partial charge in [0.2, 0.25) is 0 Å². The van der Waals surface area contributed by atoms with Gasteiger partial charge in [0.15, 0.2) is 0 Å². The van der Waals surface area contributed by atoms with Crippen molar-refractivity contribution in [2.75, 3.05) is 12.4 Å². The Morgan fingerprint density at radius 3 is 2.22 bits per heavy atom. The first-order valence-corrected chi connectivity index (χ1v) is 8.67. The van der Waals surface area contributed by atoms with Gasteiger partial charge in [-0.15, -0.1) is 0 Å². The molecule has 0 aromatic heterocycles. The van der Waals surface area contributed by atoms with Crippen molar-refractivity contribution in [1.82, 2.24) is 5.48 Å². The highest BCUT2D eigenvalue weighted by Crippen LogP contribution is 2.26. The van der Waals surface area contributed by atoms with Crippen molar-refractivity contribution in [1.29, 1.82) is 0 Å². The maximum atomic E-state index is 12.2. The van der Waals surface area contributed by atoms with E-state index in [4.69, 9.17) is 9.94 Å². The summed E-state index contributed by atoms with van der Waals surface area (Å²) < 4.78 is 5.36. The predicted molar refractivity (Wildman–Crippen MR) is 105 cm³/mol. The van der Waals surface area contributed by atoms with E-state index in [-0.39, 0.29) is 0 Å². The molecule has 3 aromatic rings. The second-order valence-corrected chi connectivity index (χ2v) is 6.11. The van der Waals surface area contributed by atoms with Crippen molar-refractivity contribution in [3.8, 4) is 5.75 Å². The molecule has 0 aliphatic rings. The molecule has 0 spiro atoms. The number of carbonyl (C=O) groups is 1. The number of hydrogen-bond donors (Lipinski definition) is 3. The first-order valence-electron chi connectivity index (χ1n) is 8.67. The summed E-state index contributed by atoms with van der Waals surface area (Å²) >= 11 is 0. The zero-order valence-corrected chi connectivity index (χ0v) is 15.1. The lowest BCUT2D eigenvalue weighted by Gasteiger charge is -2.17. The number of carbonyl (C=O) groups excluding carboxylic acids is 1. The number of rotatable bonds is 7. The van der Waals surface area contributed by atoms with Crippen LogP contribution < -0.4 is 15.5 Å². The lowest BCUT2D eigenvalue weighted by Crippen LogP contribution is -2.27. The van der Waals surface area contributed by atoms with Gasteiger partial charge in [-0.3, -0.25) is 10.0 Å². The third-order valence-corrected chi connectivity index (χ3v) is 4.42. The summed E-state index contributed by atoms with van der Waals surface area (Å²) in [5.41, 5.74) is 5.38. The van der Waals surface area contributed by atoms with E-state index in [1.807, 2.05) is 78.9 Å². The minimum atomic E-state index is -0.570. The molecule has 1 unspecified atom stereocenters. The Morgan fingerprint density at radius 2 is 1.56 bits per heavy atom. The lowest BCUT2D eigenvalue weighted by atomic mass is 9.90. The molecular formula is C22H22N2O3. The van der Waals surface area contributed by atoms with Crippen molar-refractivity contribution in [3.05, 3.63) is 95.6 Å². The zero-order chi connectivity index (χ0) is 19.1.